The topological polar surface area (TPSA) is 74.3 Å². The normalized spacial score (nSPS) is 22.1. The van der Waals surface area contributed by atoms with E-state index in [2.05, 4.69) is 4.90 Å². The van der Waals surface area contributed by atoms with Crippen molar-refractivity contribution in [2.75, 3.05) is 47.6 Å². The Morgan fingerprint density at radius 2 is 1.83 bits per heavy atom. The van der Waals surface area contributed by atoms with Gasteiger partial charge in [0.2, 0.25) is 0 Å². The predicted octanol–water partition coefficient (Wildman–Crippen LogP) is 2.29. The highest BCUT2D eigenvalue weighted by Gasteiger charge is 2.44. The Morgan fingerprint density at radius 3 is 2.45 bits per heavy atom. The maximum absolute atomic E-state index is 13.0. The van der Waals surface area contributed by atoms with Crippen LogP contribution in [0.4, 0.5) is 0 Å². The van der Waals surface area contributed by atoms with Crippen LogP contribution < -0.4 is 4.74 Å². The van der Waals surface area contributed by atoms with Gasteiger partial charge in [-0.05, 0) is 36.3 Å². The zero-order valence-corrected chi connectivity index (χ0v) is 17.3. The van der Waals surface area contributed by atoms with E-state index in [0.717, 1.165) is 16.8 Å². The molecule has 0 aromatic heterocycles. The minimum absolute atomic E-state index is 0.399. The Bertz CT molecular complexity index is 837. The Kier molecular flexibility index (Phi) is 6.59. The fourth-order valence-electron chi connectivity index (χ4n) is 4.06. The number of esters is 2. The average molecular weight is 401 g/mol. The van der Waals surface area contributed by atoms with Crippen LogP contribution in [0.15, 0.2) is 47.2 Å². The average Bonchev–Trinajstić information content (AvgIpc) is 2.77. The number of nitrogens with zero attached hydrogens (tertiary/aromatic N) is 1. The Balaban J connectivity index is 2.19. The van der Waals surface area contributed by atoms with Crippen molar-refractivity contribution < 1.29 is 28.5 Å². The summed E-state index contributed by atoms with van der Waals surface area (Å²) in [4.78, 5) is 27.9. The van der Waals surface area contributed by atoms with E-state index in [9.17, 15) is 9.59 Å². The van der Waals surface area contributed by atoms with Crippen molar-refractivity contribution in [3.63, 3.8) is 0 Å². The molecule has 7 heteroatoms. The molecule has 1 saturated heterocycles. The molecule has 0 N–H and O–H groups in total. The molecule has 7 nitrogen and oxygen atoms in total. The van der Waals surface area contributed by atoms with Crippen LogP contribution in [0.2, 0.25) is 0 Å². The molecule has 3 rings (SSSR count). The molecule has 156 valence electrons. The van der Waals surface area contributed by atoms with Crippen LogP contribution in [0.5, 0.6) is 5.75 Å². The first-order valence-electron chi connectivity index (χ1n) is 9.57. The number of carbonyl (C=O) groups excluding carboxylic acids is 2. The van der Waals surface area contributed by atoms with Gasteiger partial charge in [0.05, 0.1) is 34.5 Å². The molecule has 2 unspecified atom stereocenters. The second kappa shape index (κ2) is 9.13. The third-order valence-electron chi connectivity index (χ3n) is 5.44. The molecule has 2 atom stereocenters. The predicted molar refractivity (Wildman–Crippen MR) is 106 cm³/mol. The first-order chi connectivity index (χ1) is 14.0. The summed E-state index contributed by atoms with van der Waals surface area (Å²) < 4.78 is 21.1. The van der Waals surface area contributed by atoms with Gasteiger partial charge in [-0.1, -0.05) is 12.1 Å². The number of methoxy groups -OCH3 is 3. The van der Waals surface area contributed by atoms with Crippen molar-refractivity contribution >= 4 is 11.9 Å². The molecule has 1 aromatic carbocycles. The highest BCUT2D eigenvalue weighted by atomic mass is 16.5. The van der Waals surface area contributed by atoms with Gasteiger partial charge in [0.15, 0.2) is 0 Å². The minimum atomic E-state index is -0.678. The van der Waals surface area contributed by atoms with E-state index in [0.29, 0.717) is 37.6 Å². The number of hydrogen-bond acceptors (Lipinski definition) is 7. The smallest absolute Gasteiger partial charge is 0.334 e. The number of hydrogen-bond donors (Lipinski definition) is 0. The van der Waals surface area contributed by atoms with Gasteiger partial charge >= 0.3 is 11.9 Å². The molecule has 0 bridgehead atoms. The quantitative estimate of drug-likeness (QED) is 0.701. The standard InChI is InChI=1S/C22H27NO6/c1-14-12-17(23-8-10-29-11-9-23)20(22(25)28-4)19(18(14)21(24)27-3)15-6-5-7-16(13-15)26-2/h5-7,12-13,19-20H,8-11H2,1-4H3. The van der Waals surface area contributed by atoms with E-state index in [4.69, 9.17) is 18.9 Å². The highest BCUT2D eigenvalue weighted by Crippen LogP contribution is 2.44. The van der Waals surface area contributed by atoms with Crippen molar-refractivity contribution in [3.8, 4) is 5.75 Å². The van der Waals surface area contributed by atoms with Crippen LogP contribution in [0.3, 0.4) is 0 Å². The fraction of sp³-hybridized carbons (Fsp3) is 0.455. The Hall–Kier alpha value is -2.80. The summed E-state index contributed by atoms with van der Waals surface area (Å²) in [5.74, 6) is -1.43. The van der Waals surface area contributed by atoms with Crippen molar-refractivity contribution in [2.24, 2.45) is 5.92 Å². The third-order valence-corrected chi connectivity index (χ3v) is 5.44. The van der Waals surface area contributed by atoms with Crippen molar-refractivity contribution in [1.29, 1.82) is 0 Å². The molecular weight excluding hydrogens is 374 g/mol. The lowest BCUT2D eigenvalue weighted by Crippen LogP contribution is -2.43. The van der Waals surface area contributed by atoms with Crippen molar-refractivity contribution in [3.05, 3.63) is 52.7 Å². The van der Waals surface area contributed by atoms with E-state index in [-0.39, 0.29) is 0 Å². The van der Waals surface area contributed by atoms with Gasteiger partial charge in [0, 0.05) is 30.3 Å². The second-order valence-corrected chi connectivity index (χ2v) is 7.01. The summed E-state index contributed by atoms with van der Waals surface area (Å²) in [6.07, 6.45) is 1.90. The maximum Gasteiger partial charge on any atom is 0.334 e. The third kappa shape index (κ3) is 4.15. The summed E-state index contributed by atoms with van der Waals surface area (Å²) in [5.41, 5.74) is 2.84. The van der Waals surface area contributed by atoms with Crippen LogP contribution in [-0.2, 0) is 23.8 Å². The van der Waals surface area contributed by atoms with Gasteiger partial charge in [-0.2, -0.15) is 0 Å². The van der Waals surface area contributed by atoms with Gasteiger partial charge in [0.25, 0.3) is 0 Å². The Morgan fingerprint density at radius 1 is 1.10 bits per heavy atom. The first-order valence-corrected chi connectivity index (χ1v) is 9.57. The molecule has 0 amide bonds. The number of morpholine rings is 1. The van der Waals surface area contributed by atoms with Crippen LogP contribution in [0.1, 0.15) is 18.4 Å². The van der Waals surface area contributed by atoms with E-state index in [1.807, 2.05) is 37.3 Å². The molecule has 1 aromatic rings. The summed E-state index contributed by atoms with van der Waals surface area (Å²) >= 11 is 0. The molecule has 0 radical (unpaired) electrons. The van der Waals surface area contributed by atoms with Crippen molar-refractivity contribution in [2.45, 2.75) is 12.8 Å². The summed E-state index contributed by atoms with van der Waals surface area (Å²) in [5, 5.41) is 0. The molecule has 2 aliphatic rings. The molecule has 29 heavy (non-hydrogen) atoms. The van der Waals surface area contributed by atoms with Crippen LogP contribution >= 0.6 is 0 Å². The van der Waals surface area contributed by atoms with Gasteiger partial charge in [-0.3, -0.25) is 4.79 Å². The Labute approximate surface area is 170 Å². The number of carbonyl (C=O) groups is 2. The van der Waals surface area contributed by atoms with E-state index in [1.165, 1.54) is 14.2 Å². The van der Waals surface area contributed by atoms with E-state index >= 15 is 0 Å². The van der Waals surface area contributed by atoms with Gasteiger partial charge in [-0.15, -0.1) is 0 Å². The zero-order valence-electron chi connectivity index (χ0n) is 17.3. The van der Waals surface area contributed by atoms with Crippen LogP contribution in [-0.4, -0.2) is 64.5 Å². The lowest BCUT2D eigenvalue weighted by atomic mass is 9.73. The summed E-state index contributed by atoms with van der Waals surface area (Å²) in [7, 11) is 4.30. The SMILES string of the molecule is COC(=O)C1=C(C)C=C(N2CCOCC2)C(C(=O)OC)C1c1cccc(OC)c1. The zero-order chi connectivity index (χ0) is 21.0. The first kappa shape index (κ1) is 20.9. The highest BCUT2D eigenvalue weighted by molar-refractivity contribution is 5.94. The molecule has 1 aliphatic heterocycles. The molecule has 1 fully saturated rings. The lowest BCUT2D eigenvalue weighted by molar-refractivity contribution is -0.145. The molecule has 1 aliphatic carbocycles. The van der Waals surface area contributed by atoms with E-state index < -0.39 is 23.8 Å². The monoisotopic (exact) mass is 401 g/mol. The summed E-state index contributed by atoms with van der Waals surface area (Å²) in [6, 6.07) is 7.41. The molecule has 0 saturated carbocycles. The fourth-order valence-corrected chi connectivity index (χ4v) is 4.06. The van der Waals surface area contributed by atoms with Crippen LogP contribution in [0.25, 0.3) is 0 Å². The minimum Gasteiger partial charge on any atom is -0.497 e. The molecule has 1 heterocycles. The summed E-state index contributed by atoms with van der Waals surface area (Å²) in [6.45, 7) is 4.38. The molecule has 0 spiro atoms. The number of ether oxygens (including phenoxy) is 4. The van der Waals surface area contributed by atoms with Crippen LogP contribution in [0, 0.1) is 5.92 Å². The second-order valence-electron chi connectivity index (χ2n) is 7.01. The molecular formula is C22H27NO6. The maximum atomic E-state index is 13.0. The van der Waals surface area contributed by atoms with E-state index in [1.54, 1.807) is 7.11 Å². The number of rotatable bonds is 5. The van der Waals surface area contributed by atoms with Gasteiger partial charge in [0.1, 0.15) is 11.7 Å². The van der Waals surface area contributed by atoms with Gasteiger partial charge < -0.3 is 23.8 Å². The largest absolute Gasteiger partial charge is 0.497 e. The lowest BCUT2D eigenvalue weighted by Gasteiger charge is -2.40. The number of allylic oxidation sites excluding steroid dienone is 2. The van der Waals surface area contributed by atoms with Gasteiger partial charge in [-0.25, -0.2) is 4.79 Å². The van der Waals surface area contributed by atoms with Crippen molar-refractivity contribution in [1.82, 2.24) is 4.90 Å². The number of benzene rings is 1.